The fourth-order valence-corrected chi connectivity index (χ4v) is 2.57. The van der Waals surface area contributed by atoms with Crippen LogP contribution in [0.2, 0.25) is 0 Å². The summed E-state index contributed by atoms with van der Waals surface area (Å²) in [4.78, 5) is 34.4. The summed E-state index contributed by atoms with van der Waals surface area (Å²) >= 11 is 0. The van der Waals surface area contributed by atoms with Gasteiger partial charge in [0.25, 0.3) is 5.91 Å². The Kier molecular flexibility index (Phi) is 4.12. The standard InChI is InChI=1S/C12H14N2O6S/c1-21(18,19)6-7-2-4-9(20-7)12(17)13-8-3-5-10(15)14-11(8)16/h2,4,8H,3,5-6H2,1H3,(H,13,17)(H,14,15,16). The zero-order valence-electron chi connectivity index (χ0n) is 11.2. The van der Waals surface area contributed by atoms with Gasteiger partial charge in [0, 0.05) is 12.7 Å². The van der Waals surface area contributed by atoms with Crippen molar-refractivity contribution in [3.8, 4) is 0 Å². The highest BCUT2D eigenvalue weighted by atomic mass is 32.2. The maximum absolute atomic E-state index is 11.9. The third-order valence-corrected chi connectivity index (χ3v) is 3.64. The normalized spacial score (nSPS) is 19.2. The highest BCUT2D eigenvalue weighted by molar-refractivity contribution is 7.89. The van der Waals surface area contributed by atoms with E-state index < -0.39 is 27.7 Å². The number of piperidine rings is 1. The molecule has 2 N–H and O–H groups in total. The highest BCUT2D eigenvalue weighted by Gasteiger charge is 2.28. The van der Waals surface area contributed by atoms with Gasteiger partial charge >= 0.3 is 0 Å². The number of hydrogen-bond acceptors (Lipinski definition) is 6. The average Bonchev–Trinajstić information content (AvgIpc) is 2.78. The van der Waals surface area contributed by atoms with Crippen molar-refractivity contribution in [2.45, 2.75) is 24.6 Å². The molecule has 0 aliphatic carbocycles. The minimum absolute atomic E-state index is 0.0849. The molecule has 9 heteroatoms. The van der Waals surface area contributed by atoms with Crippen molar-refractivity contribution >= 4 is 27.6 Å². The second-order valence-electron chi connectivity index (χ2n) is 4.81. The molecule has 3 amide bonds. The summed E-state index contributed by atoms with van der Waals surface area (Å²) in [5, 5.41) is 4.56. The number of amides is 3. The molecule has 0 aromatic carbocycles. The Labute approximate surface area is 120 Å². The molecule has 1 aliphatic rings. The van der Waals surface area contributed by atoms with Crippen LogP contribution in [0, 0.1) is 0 Å². The lowest BCUT2D eigenvalue weighted by Crippen LogP contribution is -2.52. The van der Waals surface area contributed by atoms with Crippen LogP contribution in [-0.2, 0) is 25.2 Å². The Balaban J connectivity index is 2.01. The van der Waals surface area contributed by atoms with Crippen LogP contribution in [0.1, 0.15) is 29.2 Å². The summed E-state index contributed by atoms with van der Waals surface area (Å²) in [5.41, 5.74) is 0. The molecular weight excluding hydrogens is 300 g/mol. The molecule has 1 aliphatic heterocycles. The molecule has 0 radical (unpaired) electrons. The van der Waals surface area contributed by atoms with Crippen molar-refractivity contribution in [3.63, 3.8) is 0 Å². The van der Waals surface area contributed by atoms with Gasteiger partial charge in [-0.2, -0.15) is 0 Å². The molecule has 1 unspecified atom stereocenters. The smallest absolute Gasteiger partial charge is 0.287 e. The maximum Gasteiger partial charge on any atom is 0.287 e. The van der Waals surface area contributed by atoms with Gasteiger partial charge in [-0.1, -0.05) is 0 Å². The second-order valence-corrected chi connectivity index (χ2v) is 6.95. The first-order valence-electron chi connectivity index (χ1n) is 6.15. The van der Waals surface area contributed by atoms with Crippen molar-refractivity contribution in [3.05, 3.63) is 23.7 Å². The van der Waals surface area contributed by atoms with E-state index in [0.29, 0.717) is 0 Å². The minimum atomic E-state index is -3.26. The van der Waals surface area contributed by atoms with Gasteiger partial charge in [-0.05, 0) is 18.6 Å². The van der Waals surface area contributed by atoms with Crippen molar-refractivity contribution < 1.29 is 27.2 Å². The summed E-state index contributed by atoms with van der Waals surface area (Å²) in [7, 11) is -3.26. The molecule has 2 heterocycles. The first kappa shape index (κ1) is 15.2. The fourth-order valence-electron chi connectivity index (χ4n) is 1.90. The van der Waals surface area contributed by atoms with E-state index in [1.807, 2.05) is 0 Å². The molecular formula is C12H14N2O6S. The molecule has 0 bridgehead atoms. The average molecular weight is 314 g/mol. The molecule has 1 fully saturated rings. The fraction of sp³-hybridized carbons (Fsp3) is 0.417. The van der Waals surface area contributed by atoms with Gasteiger partial charge < -0.3 is 9.73 Å². The van der Waals surface area contributed by atoms with Crippen LogP contribution in [0.25, 0.3) is 0 Å². The predicted octanol–water partition coefficient (Wildman–Crippen LogP) is -0.641. The molecule has 2 rings (SSSR count). The van der Waals surface area contributed by atoms with Crippen LogP contribution >= 0.6 is 0 Å². The van der Waals surface area contributed by atoms with E-state index in [1.54, 1.807) is 0 Å². The van der Waals surface area contributed by atoms with E-state index in [2.05, 4.69) is 10.6 Å². The van der Waals surface area contributed by atoms with Crippen molar-refractivity contribution in [1.82, 2.24) is 10.6 Å². The lowest BCUT2D eigenvalue weighted by Gasteiger charge is -2.21. The zero-order chi connectivity index (χ0) is 15.6. The third-order valence-electron chi connectivity index (χ3n) is 2.83. The second kappa shape index (κ2) is 5.68. The Morgan fingerprint density at radius 2 is 2.14 bits per heavy atom. The van der Waals surface area contributed by atoms with E-state index in [0.717, 1.165) is 6.26 Å². The number of rotatable bonds is 4. The lowest BCUT2D eigenvalue weighted by molar-refractivity contribution is -0.134. The number of furan rings is 1. The van der Waals surface area contributed by atoms with Gasteiger partial charge in [0.15, 0.2) is 15.6 Å². The van der Waals surface area contributed by atoms with Crippen molar-refractivity contribution in [2.24, 2.45) is 0 Å². The number of carbonyl (C=O) groups is 3. The molecule has 0 spiro atoms. The number of nitrogens with one attached hydrogen (secondary N) is 2. The van der Waals surface area contributed by atoms with E-state index in [-0.39, 0.29) is 36.0 Å². The molecule has 8 nitrogen and oxygen atoms in total. The van der Waals surface area contributed by atoms with Crippen LogP contribution in [0.15, 0.2) is 16.5 Å². The van der Waals surface area contributed by atoms with E-state index >= 15 is 0 Å². The monoisotopic (exact) mass is 314 g/mol. The van der Waals surface area contributed by atoms with Gasteiger partial charge in [0.1, 0.15) is 17.6 Å². The molecule has 1 atom stereocenters. The first-order valence-corrected chi connectivity index (χ1v) is 8.21. The maximum atomic E-state index is 11.9. The quantitative estimate of drug-likeness (QED) is 0.713. The molecule has 1 aromatic rings. The van der Waals surface area contributed by atoms with E-state index in [1.165, 1.54) is 12.1 Å². The van der Waals surface area contributed by atoms with Crippen LogP contribution in [0.5, 0.6) is 0 Å². The molecule has 0 saturated carbocycles. The summed E-state index contributed by atoms with van der Waals surface area (Å²) in [5.74, 6) is -1.83. The zero-order valence-corrected chi connectivity index (χ0v) is 12.0. The van der Waals surface area contributed by atoms with Crippen molar-refractivity contribution in [1.29, 1.82) is 0 Å². The van der Waals surface area contributed by atoms with Gasteiger partial charge in [0.2, 0.25) is 11.8 Å². The third kappa shape index (κ3) is 4.15. The predicted molar refractivity (Wildman–Crippen MR) is 70.9 cm³/mol. The molecule has 1 aromatic heterocycles. The summed E-state index contributed by atoms with van der Waals surface area (Å²) < 4.78 is 27.4. The Morgan fingerprint density at radius 1 is 1.43 bits per heavy atom. The lowest BCUT2D eigenvalue weighted by atomic mass is 10.1. The first-order chi connectivity index (χ1) is 9.74. The molecule has 21 heavy (non-hydrogen) atoms. The van der Waals surface area contributed by atoms with Crippen molar-refractivity contribution in [2.75, 3.05) is 6.26 Å². The van der Waals surface area contributed by atoms with E-state index in [4.69, 9.17) is 4.42 Å². The summed E-state index contributed by atoms with van der Waals surface area (Å²) in [6, 6.07) is 1.92. The number of carbonyl (C=O) groups excluding carboxylic acids is 3. The number of sulfone groups is 1. The van der Waals surface area contributed by atoms with Gasteiger partial charge in [-0.3, -0.25) is 19.7 Å². The van der Waals surface area contributed by atoms with Crippen LogP contribution < -0.4 is 10.6 Å². The van der Waals surface area contributed by atoms with Gasteiger partial charge in [-0.15, -0.1) is 0 Å². The molecule has 114 valence electrons. The van der Waals surface area contributed by atoms with Crippen LogP contribution in [0.4, 0.5) is 0 Å². The largest absolute Gasteiger partial charge is 0.455 e. The number of hydrogen-bond donors (Lipinski definition) is 2. The topological polar surface area (TPSA) is 123 Å². The SMILES string of the molecule is CS(=O)(=O)Cc1ccc(C(=O)NC2CCC(=O)NC2=O)o1. The Hall–Kier alpha value is -2.16. The van der Waals surface area contributed by atoms with Crippen LogP contribution in [-0.4, -0.2) is 38.4 Å². The van der Waals surface area contributed by atoms with Crippen LogP contribution in [0.3, 0.4) is 0 Å². The molecule has 1 saturated heterocycles. The Morgan fingerprint density at radius 3 is 2.76 bits per heavy atom. The summed E-state index contributed by atoms with van der Waals surface area (Å²) in [6.07, 6.45) is 1.42. The van der Waals surface area contributed by atoms with E-state index in [9.17, 15) is 22.8 Å². The minimum Gasteiger partial charge on any atom is -0.455 e. The highest BCUT2D eigenvalue weighted by Crippen LogP contribution is 2.12. The summed E-state index contributed by atoms with van der Waals surface area (Å²) in [6.45, 7) is 0. The van der Waals surface area contributed by atoms with Gasteiger partial charge in [-0.25, -0.2) is 8.42 Å². The van der Waals surface area contributed by atoms with Gasteiger partial charge in [0.05, 0.1) is 0 Å². The Bertz CT molecular complexity index is 690. The number of imide groups is 1.